The van der Waals surface area contributed by atoms with Crippen molar-refractivity contribution < 1.29 is 14.6 Å². The number of carbonyl (C=O) groups excluding carboxylic acids is 1. The van der Waals surface area contributed by atoms with Gasteiger partial charge in [-0.3, -0.25) is 4.79 Å². The fourth-order valence-electron chi connectivity index (χ4n) is 1.45. The number of anilines is 1. The summed E-state index contributed by atoms with van der Waals surface area (Å²) in [5.74, 6) is 0.218. The van der Waals surface area contributed by atoms with Gasteiger partial charge in [-0.15, -0.1) is 0 Å². The van der Waals surface area contributed by atoms with E-state index in [0.29, 0.717) is 16.5 Å². The molecular formula is C14H12ClNO3. The Hall–Kier alpha value is -2.20. The van der Waals surface area contributed by atoms with Gasteiger partial charge in [0, 0.05) is 5.02 Å². The van der Waals surface area contributed by atoms with Gasteiger partial charge in [0.15, 0.2) is 6.61 Å². The second-order valence-electron chi connectivity index (χ2n) is 3.81. The number of benzene rings is 2. The summed E-state index contributed by atoms with van der Waals surface area (Å²) in [5.41, 5.74) is 0.354. The molecule has 0 unspecified atom stereocenters. The molecule has 2 N–H and O–H groups in total. The third kappa shape index (κ3) is 3.89. The minimum Gasteiger partial charge on any atom is -0.506 e. The van der Waals surface area contributed by atoms with E-state index in [1.165, 1.54) is 6.07 Å². The third-order valence-electron chi connectivity index (χ3n) is 2.36. The number of halogens is 1. The molecule has 0 aromatic heterocycles. The Kier molecular flexibility index (Phi) is 4.26. The summed E-state index contributed by atoms with van der Waals surface area (Å²) in [5, 5.41) is 12.7. The number of phenols is 1. The van der Waals surface area contributed by atoms with Gasteiger partial charge in [0.05, 0.1) is 5.69 Å². The van der Waals surface area contributed by atoms with Crippen molar-refractivity contribution in [2.75, 3.05) is 11.9 Å². The summed E-state index contributed by atoms with van der Waals surface area (Å²) in [6, 6.07) is 13.2. The monoisotopic (exact) mass is 277 g/mol. The van der Waals surface area contributed by atoms with Gasteiger partial charge < -0.3 is 15.2 Å². The van der Waals surface area contributed by atoms with Crippen molar-refractivity contribution in [2.45, 2.75) is 0 Å². The maximum atomic E-state index is 11.6. The molecule has 1 amide bonds. The number of hydrogen-bond donors (Lipinski definition) is 2. The molecule has 0 aliphatic carbocycles. The van der Waals surface area contributed by atoms with Crippen molar-refractivity contribution in [1.29, 1.82) is 0 Å². The summed E-state index contributed by atoms with van der Waals surface area (Å²) in [6.45, 7) is -0.143. The average Bonchev–Trinajstić information content (AvgIpc) is 2.41. The van der Waals surface area contributed by atoms with Gasteiger partial charge in [0.1, 0.15) is 11.5 Å². The van der Waals surface area contributed by atoms with E-state index >= 15 is 0 Å². The molecule has 5 heteroatoms. The van der Waals surface area contributed by atoms with Gasteiger partial charge in [0.2, 0.25) is 0 Å². The summed E-state index contributed by atoms with van der Waals surface area (Å²) in [4.78, 5) is 11.6. The summed E-state index contributed by atoms with van der Waals surface area (Å²) >= 11 is 5.74. The van der Waals surface area contributed by atoms with Crippen molar-refractivity contribution in [3.8, 4) is 11.5 Å². The number of nitrogens with one attached hydrogen (secondary N) is 1. The molecule has 0 saturated heterocycles. The molecule has 98 valence electrons. The van der Waals surface area contributed by atoms with Crippen LogP contribution >= 0.6 is 11.6 Å². The lowest BCUT2D eigenvalue weighted by Crippen LogP contribution is -2.20. The fourth-order valence-corrected chi connectivity index (χ4v) is 1.57. The normalized spacial score (nSPS) is 9.95. The molecule has 0 saturated carbocycles. The molecule has 0 spiro atoms. The lowest BCUT2D eigenvalue weighted by molar-refractivity contribution is -0.118. The average molecular weight is 278 g/mol. The van der Waals surface area contributed by atoms with Gasteiger partial charge in [-0.25, -0.2) is 0 Å². The van der Waals surface area contributed by atoms with Crippen LogP contribution in [0.2, 0.25) is 5.02 Å². The number of phenolic OH excluding ortho intramolecular Hbond substituents is 1. The zero-order valence-electron chi connectivity index (χ0n) is 9.97. The SMILES string of the molecule is O=C(COc1ccc(Cl)cc1)Nc1ccccc1O. The minimum atomic E-state index is -0.351. The summed E-state index contributed by atoms with van der Waals surface area (Å²) in [6.07, 6.45) is 0. The van der Waals surface area contributed by atoms with Crippen molar-refractivity contribution in [2.24, 2.45) is 0 Å². The maximum Gasteiger partial charge on any atom is 0.262 e. The van der Waals surface area contributed by atoms with Crippen LogP contribution < -0.4 is 10.1 Å². The van der Waals surface area contributed by atoms with E-state index in [4.69, 9.17) is 16.3 Å². The first-order valence-corrected chi connectivity index (χ1v) is 5.99. The Morgan fingerprint density at radius 1 is 1.16 bits per heavy atom. The van der Waals surface area contributed by atoms with Gasteiger partial charge in [-0.05, 0) is 36.4 Å². The number of rotatable bonds is 4. The third-order valence-corrected chi connectivity index (χ3v) is 2.61. The van der Waals surface area contributed by atoms with Crippen LogP contribution in [0.3, 0.4) is 0 Å². The van der Waals surface area contributed by atoms with Crippen molar-refractivity contribution in [3.05, 3.63) is 53.6 Å². The molecule has 4 nitrogen and oxygen atoms in total. The lowest BCUT2D eigenvalue weighted by atomic mass is 10.3. The highest BCUT2D eigenvalue weighted by atomic mass is 35.5. The van der Waals surface area contributed by atoms with Crippen LogP contribution in [0.15, 0.2) is 48.5 Å². The first-order chi connectivity index (χ1) is 9.15. The molecular weight excluding hydrogens is 266 g/mol. The van der Waals surface area contributed by atoms with E-state index < -0.39 is 0 Å². The summed E-state index contributed by atoms with van der Waals surface area (Å²) in [7, 11) is 0. The Morgan fingerprint density at radius 2 is 1.84 bits per heavy atom. The van der Waals surface area contributed by atoms with E-state index in [-0.39, 0.29) is 18.3 Å². The van der Waals surface area contributed by atoms with Crippen molar-refractivity contribution in [1.82, 2.24) is 0 Å². The van der Waals surface area contributed by atoms with Crippen LogP contribution in [0.5, 0.6) is 11.5 Å². The highest BCUT2D eigenvalue weighted by Crippen LogP contribution is 2.21. The Bertz CT molecular complexity index is 569. The topological polar surface area (TPSA) is 58.6 Å². The number of amides is 1. The van der Waals surface area contributed by atoms with E-state index in [1.807, 2.05) is 0 Å². The minimum absolute atomic E-state index is 0.0161. The molecule has 0 aliphatic heterocycles. The second-order valence-corrected chi connectivity index (χ2v) is 4.24. The molecule has 2 rings (SSSR count). The molecule has 0 fully saturated rings. The Labute approximate surface area is 115 Å². The standard InChI is InChI=1S/C14H12ClNO3/c15-10-5-7-11(8-6-10)19-9-14(18)16-12-3-1-2-4-13(12)17/h1-8,17H,9H2,(H,16,18). The first-order valence-electron chi connectivity index (χ1n) is 5.61. The van der Waals surface area contributed by atoms with Gasteiger partial charge in [-0.2, -0.15) is 0 Å². The molecule has 2 aromatic rings. The molecule has 0 atom stereocenters. The molecule has 19 heavy (non-hydrogen) atoms. The number of aromatic hydroxyl groups is 1. The number of ether oxygens (including phenoxy) is 1. The highest BCUT2D eigenvalue weighted by Gasteiger charge is 2.06. The van der Waals surface area contributed by atoms with Gasteiger partial charge in [-0.1, -0.05) is 23.7 Å². The quantitative estimate of drug-likeness (QED) is 0.845. The van der Waals surface area contributed by atoms with Crippen LogP contribution in [0.4, 0.5) is 5.69 Å². The van der Waals surface area contributed by atoms with Crippen LogP contribution in [0.1, 0.15) is 0 Å². The molecule has 0 heterocycles. The molecule has 0 radical (unpaired) electrons. The summed E-state index contributed by atoms with van der Waals surface area (Å²) < 4.78 is 5.28. The molecule has 0 bridgehead atoms. The number of hydrogen-bond acceptors (Lipinski definition) is 3. The zero-order valence-corrected chi connectivity index (χ0v) is 10.7. The largest absolute Gasteiger partial charge is 0.506 e. The van der Waals surface area contributed by atoms with Crippen molar-refractivity contribution in [3.63, 3.8) is 0 Å². The predicted molar refractivity (Wildman–Crippen MR) is 73.7 cm³/mol. The fraction of sp³-hybridized carbons (Fsp3) is 0.0714. The molecule has 2 aromatic carbocycles. The van der Waals surface area contributed by atoms with Gasteiger partial charge in [0.25, 0.3) is 5.91 Å². The lowest BCUT2D eigenvalue weighted by Gasteiger charge is -2.08. The number of para-hydroxylation sites is 2. The highest BCUT2D eigenvalue weighted by molar-refractivity contribution is 6.30. The van der Waals surface area contributed by atoms with E-state index in [1.54, 1.807) is 42.5 Å². The molecule has 0 aliphatic rings. The van der Waals surface area contributed by atoms with Crippen LogP contribution in [0.25, 0.3) is 0 Å². The predicted octanol–water partition coefficient (Wildman–Crippen LogP) is 3.06. The Balaban J connectivity index is 1.88. The first kappa shape index (κ1) is 13.2. The number of carbonyl (C=O) groups is 1. The van der Waals surface area contributed by atoms with Crippen LogP contribution in [-0.2, 0) is 4.79 Å². The maximum absolute atomic E-state index is 11.6. The van der Waals surface area contributed by atoms with Gasteiger partial charge >= 0.3 is 0 Å². The Morgan fingerprint density at radius 3 is 2.53 bits per heavy atom. The van der Waals surface area contributed by atoms with Crippen LogP contribution in [-0.4, -0.2) is 17.6 Å². The smallest absolute Gasteiger partial charge is 0.262 e. The van der Waals surface area contributed by atoms with E-state index in [0.717, 1.165) is 0 Å². The van der Waals surface area contributed by atoms with E-state index in [2.05, 4.69) is 5.32 Å². The van der Waals surface area contributed by atoms with Crippen LogP contribution in [0, 0.1) is 0 Å². The zero-order chi connectivity index (χ0) is 13.7. The van der Waals surface area contributed by atoms with E-state index in [9.17, 15) is 9.90 Å². The van der Waals surface area contributed by atoms with Crippen molar-refractivity contribution >= 4 is 23.2 Å². The second kappa shape index (κ2) is 6.11.